The van der Waals surface area contributed by atoms with E-state index in [1.807, 2.05) is 6.07 Å². The van der Waals surface area contributed by atoms with Crippen molar-refractivity contribution in [3.8, 4) is 17.5 Å². The van der Waals surface area contributed by atoms with Gasteiger partial charge in [0.2, 0.25) is 5.78 Å². The molecule has 0 atom stereocenters. The molecule has 2 aromatic heterocycles. The van der Waals surface area contributed by atoms with Crippen LogP contribution in [0.2, 0.25) is 0 Å². The fraction of sp³-hybridized carbons (Fsp3) is 0.0833. The molecule has 4 rings (SSSR count). The summed E-state index contributed by atoms with van der Waals surface area (Å²) >= 11 is 1.02. The molecule has 2 aromatic carbocycles. The highest BCUT2D eigenvalue weighted by Crippen LogP contribution is 2.15. The lowest BCUT2D eigenvalue weighted by atomic mass is 10.1. The summed E-state index contributed by atoms with van der Waals surface area (Å²) in [6, 6.07) is 13.6. The summed E-state index contributed by atoms with van der Waals surface area (Å²) in [5.74, 6) is -0.594. The van der Waals surface area contributed by atoms with E-state index in [9.17, 15) is 19.2 Å². The molecule has 2 heterocycles. The predicted octanol–water partition coefficient (Wildman–Crippen LogP) is 2.17. The van der Waals surface area contributed by atoms with Gasteiger partial charge in [-0.1, -0.05) is 6.07 Å². The number of carbonyl (C=O) groups excluding carboxylic acids is 1. The summed E-state index contributed by atoms with van der Waals surface area (Å²) in [6.07, 6.45) is 5.00. The molecule has 0 fully saturated rings. The predicted molar refractivity (Wildman–Crippen MR) is 122 cm³/mol. The third-order valence-electron chi connectivity index (χ3n) is 4.82. The molecule has 33 heavy (non-hydrogen) atoms. The van der Waals surface area contributed by atoms with Gasteiger partial charge in [0.25, 0.3) is 5.56 Å². The van der Waals surface area contributed by atoms with Crippen LogP contribution in [-0.2, 0) is 7.05 Å². The summed E-state index contributed by atoms with van der Waals surface area (Å²) in [6.45, 7) is 0. The maximum Gasteiger partial charge on any atom is 0.273 e. The number of carbonyl (C=O) groups is 1. The topological polar surface area (TPSA) is 89.9 Å². The van der Waals surface area contributed by atoms with Gasteiger partial charge < -0.3 is 4.74 Å². The number of halogens is 1. The van der Waals surface area contributed by atoms with Gasteiger partial charge in [0.15, 0.2) is 0 Å². The van der Waals surface area contributed by atoms with Crippen LogP contribution in [0.25, 0.3) is 17.3 Å². The number of thiazole rings is 1. The molecule has 0 saturated heterocycles. The molecule has 0 bridgehead atoms. The number of nitrogens with zero attached hydrogens (tertiary/aromatic N) is 4. The van der Waals surface area contributed by atoms with Crippen LogP contribution in [0.1, 0.15) is 15.9 Å². The molecule has 164 valence electrons. The van der Waals surface area contributed by atoms with E-state index in [2.05, 4.69) is 5.10 Å². The van der Waals surface area contributed by atoms with Gasteiger partial charge in [-0.15, -0.1) is 11.3 Å². The third kappa shape index (κ3) is 4.37. The van der Waals surface area contributed by atoms with Crippen molar-refractivity contribution >= 4 is 28.8 Å². The molecule has 0 unspecified atom stereocenters. The normalized spacial score (nSPS) is 12.4. The van der Waals surface area contributed by atoms with Gasteiger partial charge in [-0.2, -0.15) is 10.4 Å². The maximum atomic E-state index is 13.4. The third-order valence-corrected chi connectivity index (χ3v) is 5.91. The smallest absolute Gasteiger partial charge is 0.273 e. The number of Topliss-reactive ketones (excluding diaryl/α,β-unsaturated/α-hetero) is 1. The van der Waals surface area contributed by atoms with E-state index < -0.39 is 17.2 Å². The van der Waals surface area contributed by atoms with Crippen molar-refractivity contribution in [2.75, 3.05) is 7.11 Å². The standard InChI is InChI=1S/C24H17FN4O3S/c1-28-14-15(13-27-28)10-21-23(31)29(18-4-3-5-19(11-18)32-2)24(33-21)20(12-26)22(30)16-6-8-17(25)9-7-16/h3-11,13-14H,1-2H3/b21-10+,24-20-. The van der Waals surface area contributed by atoms with Crippen LogP contribution in [-0.4, -0.2) is 27.2 Å². The average Bonchev–Trinajstić information content (AvgIpc) is 3.37. The molecule has 0 spiro atoms. The van der Waals surface area contributed by atoms with E-state index in [1.165, 1.54) is 23.8 Å². The van der Waals surface area contributed by atoms with Gasteiger partial charge in [-0.3, -0.25) is 18.8 Å². The highest BCUT2D eigenvalue weighted by molar-refractivity contribution is 7.07. The zero-order valence-corrected chi connectivity index (χ0v) is 18.5. The van der Waals surface area contributed by atoms with Crippen LogP contribution >= 0.6 is 11.3 Å². The van der Waals surface area contributed by atoms with Gasteiger partial charge in [0, 0.05) is 30.4 Å². The van der Waals surface area contributed by atoms with E-state index in [1.54, 1.807) is 54.5 Å². The van der Waals surface area contributed by atoms with Crippen molar-refractivity contribution in [3.63, 3.8) is 0 Å². The van der Waals surface area contributed by atoms with Gasteiger partial charge >= 0.3 is 0 Å². The van der Waals surface area contributed by atoms with Crippen LogP contribution in [0.15, 0.2) is 65.7 Å². The molecule has 0 aliphatic carbocycles. The Hall–Kier alpha value is -4.29. The number of methoxy groups -OCH3 is 1. The number of benzene rings is 2. The SMILES string of the molecule is COc1cccc(-n2c(=O)/c(=C\c3cnn(C)c3)s/c2=C(/C#N)C(=O)c2ccc(F)cc2)c1. The van der Waals surface area contributed by atoms with Crippen LogP contribution in [0.4, 0.5) is 4.39 Å². The van der Waals surface area contributed by atoms with Crippen molar-refractivity contribution in [3.05, 3.63) is 97.4 Å². The van der Waals surface area contributed by atoms with E-state index in [0.29, 0.717) is 21.5 Å². The second-order valence-electron chi connectivity index (χ2n) is 7.03. The van der Waals surface area contributed by atoms with Crippen molar-refractivity contribution < 1.29 is 13.9 Å². The molecule has 0 aliphatic rings. The first-order valence-electron chi connectivity index (χ1n) is 9.72. The number of ketones is 1. The summed E-state index contributed by atoms with van der Waals surface area (Å²) in [7, 11) is 3.26. The molecule has 4 aromatic rings. The zero-order chi connectivity index (χ0) is 23.5. The number of ether oxygens (including phenoxy) is 1. The first-order chi connectivity index (χ1) is 15.9. The Bertz CT molecular complexity index is 1570. The van der Waals surface area contributed by atoms with Gasteiger partial charge in [0.1, 0.15) is 27.9 Å². The lowest BCUT2D eigenvalue weighted by molar-refractivity contribution is 0.105. The summed E-state index contributed by atoms with van der Waals surface area (Å²) in [4.78, 5) is 26.6. The largest absolute Gasteiger partial charge is 0.497 e. The first kappa shape index (κ1) is 21.9. The van der Waals surface area contributed by atoms with E-state index in [0.717, 1.165) is 23.5 Å². The number of nitriles is 1. The zero-order valence-electron chi connectivity index (χ0n) is 17.7. The van der Waals surface area contributed by atoms with Crippen molar-refractivity contribution in [2.45, 2.75) is 0 Å². The number of aryl methyl sites for hydroxylation is 1. The van der Waals surface area contributed by atoms with E-state index in [4.69, 9.17) is 4.74 Å². The van der Waals surface area contributed by atoms with E-state index in [-0.39, 0.29) is 15.8 Å². The second-order valence-corrected chi connectivity index (χ2v) is 8.06. The van der Waals surface area contributed by atoms with Crippen molar-refractivity contribution in [1.29, 1.82) is 5.26 Å². The monoisotopic (exact) mass is 460 g/mol. The van der Waals surface area contributed by atoms with Gasteiger partial charge in [-0.05, 0) is 42.5 Å². The van der Waals surface area contributed by atoms with Gasteiger partial charge in [-0.25, -0.2) is 4.39 Å². The van der Waals surface area contributed by atoms with Crippen LogP contribution in [0.5, 0.6) is 5.75 Å². The van der Waals surface area contributed by atoms with Crippen LogP contribution in [0, 0.1) is 17.1 Å². The Morgan fingerprint density at radius 3 is 2.64 bits per heavy atom. The molecule has 0 radical (unpaired) electrons. The van der Waals surface area contributed by atoms with E-state index >= 15 is 0 Å². The minimum atomic E-state index is -0.608. The fourth-order valence-corrected chi connectivity index (χ4v) is 4.34. The first-order valence-corrected chi connectivity index (χ1v) is 10.5. The summed E-state index contributed by atoms with van der Waals surface area (Å²) in [5.41, 5.74) is 0.660. The quantitative estimate of drug-likeness (QED) is 0.426. The van der Waals surface area contributed by atoms with Crippen LogP contribution in [0.3, 0.4) is 0 Å². The lowest BCUT2D eigenvalue weighted by Gasteiger charge is -2.06. The fourth-order valence-electron chi connectivity index (χ4n) is 3.24. The van der Waals surface area contributed by atoms with Crippen LogP contribution < -0.4 is 19.5 Å². The van der Waals surface area contributed by atoms with Crippen molar-refractivity contribution in [2.24, 2.45) is 7.05 Å². The molecule has 0 aliphatic heterocycles. The Labute approximate surface area is 191 Å². The highest BCUT2D eigenvalue weighted by Gasteiger charge is 2.19. The molecule has 7 nitrogen and oxygen atoms in total. The Balaban J connectivity index is 2.05. The Kier molecular flexibility index (Phi) is 6.02. The molecule has 0 N–H and O–H groups in total. The Morgan fingerprint density at radius 1 is 1.24 bits per heavy atom. The minimum absolute atomic E-state index is 0.142. The summed E-state index contributed by atoms with van der Waals surface area (Å²) in [5, 5.41) is 14.0. The molecule has 9 heteroatoms. The minimum Gasteiger partial charge on any atom is -0.497 e. The molecule has 0 saturated carbocycles. The lowest BCUT2D eigenvalue weighted by Crippen LogP contribution is -2.31. The summed E-state index contributed by atoms with van der Waals surface area (Å²) < 4.78 is 22.0. The number of hydrogen-bond acceptors (Lipinski definition) is 6. The van der Waals surface area contributed by atoms with Gasteiger partial charge in [0.05, 0.1) is 23.5 Å². The average molecular weight is 460 g/mol. The maximum absolute atomic E-state index is 13.4. The number of rotatable bonds is 5. The Morgan fingerprint density at radius 2 is 2.00 bits per heavy atom. The number of aromatic nitrogens is 3. The highest BCUT2D eigenvalue weighted by atomic mass is 32.1. The van der Waals surface area contributed by atoms with Crippen molar-refractivity contribution in [1.82, 2.24) is 14.3 Å². The molecule has 0 amide bonds. The molecular weight excluding hydrogens is 443 g/mol. The second kappa shape index (κ2) is 9.06. The molecular formula is C24H17FN4O3S. The number of hydrogen-bond donors (Lipinski definition) is 0.